The van der Waals surface area contributed by atoms with E-state index in [1.807, 2.05) is 6.07 Å². The van der Waals surface area contributed by atoms with Crippen LogP contribution in [-0.4, -0.2) is 0 Å². The molecule has 3 rings (SSSR count). The molecule has 0 fully saturated rings. The van der Waals surface area contributed by atoms with Gasteiger partial charge in [0.1, 0.15) is 0 Å². The second kappa shape index (κ2) is 3.77. The number of allylic oxidation sites excluding steroid dienone is 1. The molecule has 1 aliphatic rings. The Balaban J connectivity index is 2.12. The Morgan fingerprint density at radius 2 is 1.76 bits per heavy atom. The van der Waals surface area contributed by atoms with Crippen LogP contribution in [0.4, 0.5) is 0 Å². The molecule has 2 aromatic carbocycles. The fourth-order valence-corrected chi connectivity index (χ4v) is 2.44. The lowest BCUT2D eigenvalue weighted by atomic mass is 10.0. The molecule has 0 atom stereocenters. The number of rotatable bonds is 1. The van der Waals surface area contributed by atoms with Gasteiger partial charge in [0.05, 0.1) is 0 Å². The fraction of sp³-hybridized carbons (Fsp3) is 0.125. The summed E-state index contributed by atoms with van der Waals surface area (Å²) in [5, 5.41) is 0. The number of nitrogens with two attached hydrogens (primary N) is 1. The van der Waals surface area contributed by atoms with E-state index in [4.69, 9.17) is 5.73 Å². The minimum atomic E-state index is 0.940. The van der Waals surface area contributed by atoms with Gasteiger partial charge in [-0.2, -0.15) is 0 Å². The lowest BCUT2D eigenvalue weighted by molar-refractivity contribution is 1.29. The summed E-state index contributed by atoms with van der Waals surface area (Å²) in [5.74, 6) is 0. The summed E-state index contributed by atoms with van der Waals surface area (Å²) >= 11 is 0. The maximum absolute atomic E-state index is 6.27. The smallest absolute Gasteiger partial charge is 0.0432 e. The van der Waals surface area contributed by atoms with Crippen molar-refractivity contribution < 1.29 is 0 Å². The first-order valence-corrected chi connectivity index (χ1v) is 5.89. The van der Waals surface area contributed by atoms with Gasteiger partial charge in [-0.25, -0.2) is 0 Å². The van der Waals surface area contributed by atoms with Crippen LogP contribution in [0.2, 0.25) is 0 Å². The number of benzene rings is 2. The van der Waals surface area contributed by atoms with Gasteiger partial charge in [0.15, 0.2) is 0 Å². The molecule has 1 heteroatoms. The van der Waals surface area contributed by atoms with Gasteiger partial charge in [0, 0.05) is 17.7 Å². The van der Waals surface area contributed by atoms with Gasteiger partial charge in [-0.05, 0) is 29.7 Å². The van der Waals surface area contributed by atoms with Crippen molar-refractivity contribution in [2.45, 2.75) is 13.3 Å². The highest BCUT2D eigenvalue weighted by Crippen LogP contribution is 2.35. The Kier molecular flexibility index (Phi) is 2.25. The molecule has 0 radical (unpaired) electrons. The van der Waals surface area contributed by atoms with Gasteiger partial charge in [-0.1, -0.05) is 48.0 Å². The standard InChI is InChI=1S/C16H15N/c1-11-7-8-13-10-15(16(17)14(13)9-11)12-5-3-2-4-6-12/h2-9H,10,17H2,1H3. The first kappa shape index (κ1) is 10.2. The molecule has 2 N–H and O–H groups in total. The predicted molar refractivity (Wildman–Crippen MR) is 72.3 cm³/mol. The Morgan fingerprint density at radius 1 is 1.00 bits per heavy atom. The maximum atomic E-state index is 6.27. The van der Waals surface area contributed by atoms with Gasteiger partial charge in [0.25, 0.3) is 0 Å². The van der Waals surface area contributed by atoms with Crippen LogP contribution in [-0.2, 0) is 6.42 Å². The Morgan fingerprint density at radius 3 is 2.53 bits per heavy atom. The molecule has 0 spiro atoms. The van der Waals surface area contributed by atoms with Crippen molar-refractivity contribution in [3.8, 4) is 0 Å². The summed E-state index contributed by atoms with van der Waals surface area (Å²) in [5.41, 5.74) is 13.5. The van der Waals surface area contributed by atoms with Crippen molar-refractivity contribution in [1.29, 1.82) is 0 Å². The molecule has 1 nitrogen and oxygen atoms in total. The maximum Gasteiger partial charge on any atom is 0.0432 e. The van der Waals surface area contributed by atoms with E-state index in [0.29, 0.717) is 0 Å². The van der Waals surface area contributed by atoms with Crippen molar-refractivity contribution in [2.24, 2.45) is 5.73 Å². The molecule has 0 unspecified atom stereocenters. The van der Waals surface area contributed by atoms with Gasteiger partial charge < -0.3 is 5.73 Å². The molecule has 17 heavy (non-hydrogen) atoms. The Bertz CT molecular complexity index is 594. The Hall–Kier alpha value is -2.02. The van der Waals surface area contributed by atoms with E-state index in [1.54, 1.807) is 0 Å². The highest BCUT2D eigenvalue weighted by molar-refractivity contribution is 5.95. The van der Waals surface area contributed by atoms with Crippen molar-refractivity contribution in [3.05, 3.63) is 70.8 Å². The van der Waals surface area contributed by atoms with Gasteiger partial charge >= 0.3 is 0 Å². The van der Waals surface area contributed by atoms with Gasteiger partial charge in [-0.3, -0.25) is 0 Å². The fourth-order valence-electron chi connectivity index (χ4n) is 2.44. The minimum absolute atomic E-state index is 0.940. The first-order valence-electron chi connectivity index (χ1n) is 5.89. The van der Waals surface area contributed by atoms with E-state index in [-0.39, 0.29) is 0 Å². The average Bonchev–Trinajstić information content (AvgIpc) is 2.68. The zero-order chi connectivity index (χ0) is 11.8. The van der Waals surface area contributed by atoms with E-state index in [0.717, 1.165) is 12.1 Å². The number of hydrogen-bond acceptors (Lipinski definition) is 1. The third-order valence-corrected chi connectivity index (χ3v) is 3.37. The van der Waals surface area contributed by atoms with E-state index in [2.05, 4.69) is 49.4 Å². The highest BCUT2D eigenvalue weighted by atomic mass is 14.6. The third-order valence-electron chi connectivity index (χ3n) is 3.37. The molecule has 0 saturated heterocycles. The molecule has 0 bridgehead atoms. The van der Waals surface area contributed by atoms with E-state index in [9.17, 15) is 0 Å². The summed E-state index contributed by atoms with van der Waals surface area (Å²) < 4.78 is 0. The quantitative estimate of drug-likeness (QED) is 0.785. The molecule has 2 aromatic rings. The largest absolute Gasteiger partial charge is 0.398 e. The van der Waals surface area contributed by atoms with Crippen LogP contribution in [0.1, 0.15) is 22.3 Å². The van der Waals surface area contributed by atoms with Crippen LogP contribution >= 0.6 is 0 Å². The van der Waals surface area contributed by atoms with Gasteiger partial charge in [0.2, 0.25) is 0 Å². The lowest BCUT2D eigenvalue weighted by Crippen LogP contribution is -1.96. The second-order valence-corrected chi connectivity index (χ2v) is 4.60. The van der Waals surface area contributed by atoms with Crippen LogP contribution in [0.15, 0.2) is 48.5 Å². The summed E-state index contributed by atoms with van der Waals surface area (Å²) in [7, 11) is 0. The summed E-state index contributed by atoms with van der Waals surface area (Å²) in [6, 6.07) is 16.9. The van der Waals surface area contributed by atoms with Crippen molar-refractivity contribution in [3.63, 3.8) is 0 Å². The molecule has 0 heterocycles. The van der Waals surface area contributed by atoms with Crippen molar-refractivity contribution >= 4 is 11.3 Å². The number of aryl methyl sites for hydroxylation is 1. The topological polar surface area (TPSA) is 26.0 Å². The molecule has 84 valence electrons. The van der Waals surface area contributed by atoms with E-state index in [1.165, 1.54) is 27.8 Å². The zero-order valence-electron chi connectivity index (χ0n) is 9.90. The first-order chi connectivity index (χ1) is 8.25. The normalized spacial score (nSPS) is 13.9. The van der Waals surface area contributed by atoms with Crippen LogP contribution < -0.4 is 5.73 Å². The van der Waals surface area contributed by atoms with E-state index < -0.39 is 0 Å². The summed E-state index contributed by atoms with van der Waals surface area (Å²) in [4.78, 5) is 0. The molecular weight excluding hydrogens is 206 g/mol. The molecule has 0 amide bonds. The third kappa shape index (κ3) is 1.64. The van der Waals surface area contributed by atoms with Crippen molar-refractivity contribution in [1.82, 2.24) is 0 Å². The number of hydrogen-bond donors (Lipinski definition) is 1. The summed E-state index contributed by atoms with van der Waals surface area (Å²) in [6.07, 6.45) is 0.950. The number of fused-ring (bicyclic) bond motifs is 1. The lowest BCUT2D eigenvalue weighted by Gasteiger charge is -2.03. The molecule has 0 saturated carbocycles. The minimum Gasteiger partial charge on any atom is -0.398 e. The van der Waals surface area contributed by atoms with E-state index >= 15 is 0 Å². The molecule has 1 aliphatic carbocycles. The second-order valence-electron chi connectivity index (χ2n) is 4.60. The van der Waals surface area contributed by atoms with Crippen molar-refractivity contribution in [2.75, 3.05) is 0 Å². The van der Waals surface area contributed by atoms with Crippen LogP contribution in [0.5, 0.6) is 0 Å². The van der Waals surface area contributed by atoms with Gasteiger partial charge in [-0.15, -0.1) is 0 Å². The summed E-state index contributed by atoms with van der Waals surface area (Å²) in [6.45, 7) is 2.11. The monoisotopic (exact) mass is 221 g/mol. The van der Waals surface area contributed by atoms with Crippen LogP contribution in [0.3, 0.4) is 0 Å². The van der Waals surface area contributed by atoms with Crippen LogP contribution in [0, 0.1) is 6.92 Å². The molecular formula is C16H15N. The zero-order valence-corrected chi connectivity index (χ0v) is 9.90. The van der Waals surface area contributed by atoms with Crippen LogP contribution in [0.25, 0.3) is 11.3 Å². The molecule has 0 aliphatic heterocycles. The molecule has 0 aromatic heterocycles. The average molecular weight is 221 g/mol. The highest BCUT2D eigenvalue weighted by Gasteiger charge is 2.20. The predicted octanol–water partition coefficient (Wildman–Crippen LogP) is 3.38. The SMILES string of the molecule is Cc1ccc2c(c1)C(N)=C(c1ccccc1)C2. The Labute approximate surface area is 102 Å².